The Kier molecular flexibility index (Phi) is 1.98. The van der Waals surface area contributed by atoms with Crippen LogP contribution in [-0.4, -0.2) is 26.2 Å². The Hall–Kier alpha value is -0.350. The van der Waals surface area contributed by atoms with Crippen molar-refractivity contribution >= 4 is 15.7 Å². The van der Waals surface area contributed by atoms with Gasteiger partial charge in [0.05, 0.1) is 5.40 Å². The van der Waals surface area contributed by atoms with E-state index in [4.69, 9.17) is 5.11 Å². The summed E-state index contributed by atoms with van der Waals surface area (Å²) in [5, 5.41) is 8.03. The Labute approximate surface area is 45.9 Å². The SMILES string of the molecule is BC(B)(O)C#CC. The third-order valence-corrected chi connectivity index (χ3v) is 0.431. The molecular weight excluding hydrogens is 85.7 g/mol. The molecule has 36 valence electrons. The van der Waals surface area contributed by atoms with Gasteiger partial charge in [-0.3, -0.25) is 0 Å². The lowest BCUT2D eigenvalue weighted by atomic mass is 9.66. The van der Waals surface area contributed by atoms with E-state index in [2.05, 4.69) is 11.8 Å². The summed E-state index contributed by atoms with van der Waals surface area (Å²) in [4.78, 5) is 0. The Morgan fingerprint density at radius 1 is 1.57 bits per heavy atom. The molecule has 0 aliphatic rings. The number of hydrogen-bond acceptors (Lipinski definition) is 1. The van der Waals surface area contributed by atoms with Crippen LogP contribution in [0.25, 0.3) is 0 Å². The second-order valence-electron chi connectivity index (χ2n) is 1.93. The maximum Gasteiger partial charge on any atom is 0.147 e. The van der Waals surface area contributed by atoms with Crippen molar-refractivity contribution in [1.29, 1.82) is 0 Å². The molecule has 0 bridgehead atoms. The van der Waals surface area contributed by atoms with Crippen molar-refractivity contribution in [1.82, 2.24) is 0 Å². The van der Waals surface area contributed by atoms with E-state index in [1.807, 2.05) is 0 Å². The molecule has 0 fully saturated rings. The summed E-state index contributed by atoms with van der Waals surface area (Å²) in [5.41, 5.74) is 0. The molecule has 0 aliphatic heterocycles. The van der Waals surface area contributed by atoms with Gasteiger partial charge in [0.15, 0.2) is 0 Å². The minimum absolute atomic E-state index is 0.811. The number of rotatable bonds is 0. The van der Waals surface area contributed by atoms with E-state index in [9.17, 15) is 0 Å². The van der Waals surface area contributed by atoms with Crippen molar-refractivity contribution in [3.8, 4) is 11.8 Å². The molecule has 0 radical (unpaired) electrons. The van der Waals surface area contributed by atoms with Gasteiger partial charge in [-0.05, 0) is 6.92 Å². The topological polar surface area (TPSA) is 20.2 Å². The normalized spacial score (nSPS) is 9.43. The van der Waals surface area contributed by atoms with Crippen LogP contribution >= 0.6 is 0 Å². The smallest absolute Gasteiger partial charge is 0.147 e. The molecule has 1 N–H and O–H groups in total. The van der Waals surface area contributed by atoms with Crippen LogP contribution in [0.1, 0.15) is 6.92 Å². The zero-order valence-corrected chi connectivity index (χ0v) is 4.95. The first-order valence-electron chi connectivity index (χ1n) is 2.22. The molecule has 0 unspecified atom stereocenters. The van der Waals surface area contributed by atoms with Crippen molar-refractivity contribution in [3.05, 3.63) is 0 Å². The van der Waals surface area contributed by atoms with Crippen LogP contribution in [0.4, 0.5) is 0 Å². The molecule has 0 amide bonds. The van der Waals surface area contributed by atoms with Gasteiger partial charge in [0.2, 0.25) is 0 Å². The van der Waals surface area contributed by atoms with E-state index in [-0.39, 0.29) is 0 Å². The molecule has 1 nitrogen and oxygen atoms in total. The van der Waals surface area contributed by atoms with Gasteiger partial charge in [0.25, 0.3) is 0 Å². The molecule has 0 atom stereocenters. The fraction of sp³-hybridized carbons (Fsp3) is 0.500. The highest BCUT2D eigenvalue weighted by molar-refractivity contribution is 6.41. The first-order chi connectivity index (χ1) is 3.06. The average Bonchev–Trinajstić information content (AvgIpc) is 1.30. The molecule has 0 saturated carbocycles. The molecule has 7 heavy (non-hydrogen) atoms. The van der Waals surface area contributed by atoms with Crippen LogP contribution in [0.3, 0.4) is 0 Å². The largest absolute Gasteiger partial charge is 0.396 e. The van der Waals surface area contributed by atoms with Gasteiger partial charge >= 0.3 is 0 Å². The van der Waals surface area contributed by atoms with Crippen molar-refractivity contribution in [3.63, 3.8) is 0 Å². The van der Waals surface area contributed by atoms with Gasteiger partial charge in [-0.2, -0.15) is 0 Å². The lowest BCUT2D eigenvalue weighted by Gasteiger charge is -2.04. The van der Waals surface area contributed by atoms with Crippen LogP contribution in [0.15, 0.2) is 0 Å². The third-order valence-electron chi connectivity index (χ3n) is 0.431. The third kappa shape index (κ3) is 5.65. The Balaban J connectivity index is 3.72. The fourth-order valence-electron chi connectivity index (χ4n) is 0.306. The van der Waals surface area contributed by atoms with E-state index in [1.54, 1.807) is 22.6 Å². The second-order valence-corrected chi connectivity index (χ2v) is 1.93. The fourth-order valence-corrected chi connectivity index (χ4v) is 0.306. The molecule has 0 aromatic rings. The lowest BCUT2D eigenvalue weighted by Crippen LogP contribution is -2.26. The van der Waals surface area contributed by atoms with E-state index < -0.39 is 5.40 Å². The van der Waals surface area contributed by atoms with E-state index in [0.717, 1.165) is 0 Å². The molecule has 3 heteroatoms. The minimum atomic E-state index is -0.811. The number of hydrogen-bond donors (Lipinski definition) is 1. The maximum atomic E-state index is 8.84. The Morgan fingerprint density at radius 2 is 2.00 bits per heavy atom. The van der Waals surface area contributed by atoms with Crippen molar-refractivity contribution in [2.45, 2.75) is 12.3 Å². The monoisotopic (exact) mass is 94.1 g/mol. The van der Waals surface area contributed by atoms with Crippen molar-refractivity contribution in [2.24, 2.45) is 0 Å². The maximum absolute atomic E-state index is 8.84. The summed E-state index contributed by atoms with van der Waals surface area (Å²) in [5.74, 6) is 5.20. The van der Waals surface area contributed by atoms with Gasteiger partial charge in [0.1, 0.15) is 15.7 Å². The first-order valence-corrected chi connectivity index (χ1v) is 2.22. The predicted octanol–water partition coefficient (Wildman–Crippen LogP) is -2.08. The molecule has 0 aromatic heterocycles. The highest BCUT2D eigenvalue weighted by atomic mass is 16.3. The first kappa shape index (κ1) is 6.65. The van der Waals surface area contributed by atoms with Crippen LogP contribution in [0.2, 0.25) is 0 Å². The van der Waals surface area contributed by atoms with Gasteiger partial charge in [0, 0.05) is 0 Å². The van der Waals surface area contributed by atoms with Gasteiger partial charge in [-0.25, -0.2) is 0 Å². The van der Waals surface area contributed by atoms with Gasteiger partial charge in [-0.15, -0.1) is 5.92 Å². The molecule has 0 aromatic carbocycles. The average molecular weight is 93.7 g/mol. The summed E-state index contributed by atoms with van der Waals surface area (Å²) in [7, 11) is 3.31. The van der Waals surface area contributed by atoms with Crippen molar-refractivity contribution < 1.29 is 5.11 Å². The second kappa shape index (κ2) is 2.09. The Bertz CT molecular complexity index is 103. The zero-order valence-electron chi connectivity index (χ0n) is 4.95. The highest BCUT2D eigenvalue weighted by Gasteiger charge is 2.04. The zero-order chi connectivity index (χ0) is 5.91. The van der Waals surface area contributed by atoms with Crippen LogP contribution in [-0.2, 0) is 0 Å². The highest BCUT2D eigenvalue weighted by Crippen LogP contribution is 1.82. The van der Waals surface area contributed by atoms with E-state index in [0.29, 0.717) is 0 Å². The molecule has 0 spiro atoms. The summed E-state index contributed by atoms with van der Waals surface area (Å²) >= 11 is 0. The molecular formula is C4H8B2O. The number of aliphatic hydroxyl groups is 1. The molecule has 0 aliphatic carbocycles. The molecule has 0 saturated heterocycles. The van der Waals surface area contributed by atoms with Gasteiger partial charge < -0.3 is 5.11 Å². The minimum Gasteiger partial charge on any atom is -0.396 e. The van der Waals surface area contributed by atoms with Crippen molar-refractivity contribution in [2.75, 3.05) is 0 Å². The quantitative estimate of drug-likeness (QED) is 0.269. The summed E-state index contributed by atoms with van der Waals surface area (Å²) < 4.78 is 0. The van der Waals surface area contributed by atoms with Crippen LogP contribution in [0.5, 0.6) is 0 Å². The predicted molar refractivity (Wildman–Crippen MR) is 35.5 cm³/mol. The molecule has 0 heterocycles. The summed E-state index contributed by atoms with van der Waals surface area (Å²) in [6.45, 7) is 1.71. The summed E-state index contributed by atoms with van der Waals surface area (Å²) in [6.07, 6.45) is 0. The standard InChI is InChI=1S/C4H8B2O/c1-2-3-4(5,6)7/h7H,5-6H2,1H3. The van der Waals surface area contributed by atoms with E-state index in [1.165, 1.54) is 0 Å². The molecule has 0 rings (SSSR count). The van der Waals surface area contributed by atoms with Crippen LogP contribution in [0, 0.1) is 11.8 Å². The van der Waals surface area contributed by atoms with E-state index >= 15 is 0 Å². The summed E-state index contributed by atoms with van der Waals surface area (Å²) in [6, 6.07) is 0. The lowest BCUT2D eigenvalue weighted by molar-refractivity contribution is 0.272. The Morgan fingerprint density at radius 3 is 2.00 bits per heavy atom. The van der Waals surface area contributed by atoms with Crippen LogP contribution < -0.4 is 0 Å². The van der Waals surface area contributed by atoms with Gasteiger partial charge in [-0.1, -0.05) is 5.92 Å².